The van der Waals surface area contributed by atoms with E-state index in [9.17, 15) is 13.2 Å². The second-order valence-electron chi connectivity index (χ2n) is 6.47. The van der Waals surface area contributed by atoms with Crippen LogP contribution < -0.4 is 14.6 Å². The molecule has 1 aromatic heterocycles. The Morgan fingerprint density at radius 2 is 1.89 bits per heavy atom. The fourth-order valence-electron chi connectivity index (χ4n) is 2.87. The number of hydrogen-bond donors (Lipinski definition) is 1. The number of pyridine rings is 1. The van der Waals surface area contributed by atoms with Crippen molar-refractivity contribution in [3.8, 4) is 5.75 Å². The number of sulfonamides is 1. The summed E-state index contributed by atoms with van der Waals surface area (Å²) in [5.41, 5.74) is 1.41. The summed E-state index contributed by atoms with van der Waals surface area (Å²) in [6.07, 6.45) is 3.62. The maximum Gasteiger partial charge on any atom is 0.290 e. The number of carbonyl (C=O) groups excluding carboxylic acids is 1. The fraction of sp³-hybridized carbons (Fsp3) is 0.368. The number of anilines is 1. The van der Waals surface area contributed by atoms with Crippen LogP contribution in [-0.2, 0) is 26.1 Å². The number of aromatic nitrogens is 1. The lowest BCUT2D eigenvalue weighted by atomic mass is 10.3. The van der Waals surface area contributed by atoms with Gasteiger partial charge < -0.3 is 14.8 Å². The van der Waals surface area contributed by atoms with Gasteiger partial charge in [-0.3, -0.25) is 4.79 Å². The van der Waals surface area contributed by atoms with Gasteiger partial charge >= 0.3 is 0 Å². The molecule has 0 spiro atoms. The SMILES string of the molecule is COc1ccc(S(=O)(=O)N2CCOCC2)cc1NC(=O)C[n+]1ccc(C)cc1. The van der Waals surface area contributed by atoms with Crippen LogP contribution in [0.2, 0.25) is 0 Å². The molecule has 28 heavy (non-hydrogen) atoms. The normalized spacial score (nSPS) is 15.2. The predicted molar refractivity (Wildman–Crippen MR) is 103 cm³/mol. The van der Waals surface area contributed by atoms with Gasteiger partial charge in [-0.1, -0.05) is 0 Å². The number of nitrogens with one attached hydrogen (secondary N) is 1. The minimum atomic E-state index is -3.67. The number of hydrogen-bond acceptors (Lipinski definition) is 5. The number of morpholine rings is 1. The molecule has 150 valence electrons. The molecule has 0 bridgehead atoms. The van der Waals surface area contributed by atoms with Gasteiger partial charge in [0.15, 0.2) is 12.4 Å². The smallest absolute Gasteiger partial charge is 0.290 e. The molecule has 8 nitrogen and oxygen atoms in total. The number of rotatable bonds is 6. The van der Waals surface area contributed by atoms with Gasteiger partial charge in [-0.2, -0.15) is 8.87 Å². The Balaban J connectivity index is 1.80. The number of methoxy groups -OCH3 is 1. The first-order chi connectivity index (χ1) is 13.4. The second-order valence-corrected chi connectivity index (χ2v) is 8.41. The topological polar surface area (TPSA) is 88.8 Å². The van der Waals surface area contributed by atoms with Gasteiger partial charge in [-0.15, -0.1) is 0 Å². The van der Waals surface area contributed by atoms with Crippen LogP contribution in [0.15, 0.2) is 47.6 Å². The Kier molecular flexibility index (Phi) is 6.28. The fourth-order valence-corrected chi connectivity index (χ4v) is 4.31. The maximum absolute atomic E-state index is 12.9. The third-order valence-corrected chi connectivity index (χ3v) is 6.33. The minimum absolute atomic E-state index is 0.101. The highest BCUT2D eigenvalue weighted by molar-refractivity contribution is 7.89. The number of aryl methyl sites for hydroxylation is 1. The van der Waals surface area contributed by atoms with E-state index in [0.717, 1.165) is 5.56 Å². The Morgan fingerprint density at radius 1 is 1.21 bits per heavy atom. The van der Waals surface area contributed by atoms with Gasteiger partial charge in [0, 0.05) is 25.2 Å². The van der Waals surface area contributed by atoms with Crippen LogP contribution >= 0.6 is 0 Å². The Labute approximate surface area is 164 Å². The van der Waals surface area contributed by atoms with Crippen molar-refractivity contribution in [1.29, 1.82) is 0 Å². The molecule has 0 aliphatic carbocycles. The molecule has 1 amide bonds. The number of carbonyl (C=O) groups is 1. The van der Waals surface area contributed by atoms with E-state index >= 15 is 0 Å². The van der Waals surface area contributed by atoms with E-state index in [1.807, 2.05) is 31.5 Å². The standard InChI is InChI=1S/C19H23N3O5S/c1-15-5-7-21(8-6-15)14-19(23)20-17-13-16(3-4-18(17)26-2)28(24,25)22-9-11-27-12-10-22/h3-8,13H,9-12,14H2,1-2H3/p+1. The summed E-state index contributed by atoms with van der Waals surface area (Å²) in [6.45, 7) is 3.42. The van der Waals surface area contributed by atoms with Crippen molar-refractivity contribution in [2.24, 2.45) is 0 Å². The number of ether oxygens (including phenoxy) is 2. The van der Waals surface area contributed by atoms with E-state index in [2.05, 4.69) is 5.32 Å². The first kappa shape index (κ1) is 20.2. The summed E-state index contributed by atoms with van der Waals surface area (Å²) >= 11 is 0. The van der Waals surface area contributed by atoms with Crippen molar-refractivity contribution in [3.05, 3.63) is 48.3 Å². The highest BCUT2D eigenvalue weighted by atomic mass is 32.2. The summed E-state index contributed by atoms with van der Waals surface area (Å²) in [6, 6.07) is 8.27. The molecule has 1 fully saturated rings. The van der Waals surface area contributed by atoms with Crippen molar-refractivity contribution in [2.75, 3.05) is 38.7 Å². The summed E-state index contributed by atoms with van der Waals surface area (Å²) in [7, 11) is -2.20. The van der Waals surface area contributed by atoms with Crippen molar-refractivity contribution >= 4 is 21.6 Å². The first-order valence-corrected chi connectivity index (χ1v) is 10.4. The van der Waals surface area contributed by atoms with Crippen LogP contribution in [0.25, 0.3) is 0 Å². The van der Waals surface area contributed by atoms with Gasteiger partial charge in [0.05, 0.1) is 30.9 Å². The van der Waals surface area contributed by atoms with Gasteiger partial charge in [0.25, 0.3) is 5.91 Å². The van der Waals surface area contributed by atoms with E-state index in [-0.39, 0.29) is 17.3 Å². The number of nitrogens with zero attached hydrogens (tertiary/aromatic N) is 2. The van der Waals surface area contributed by atoms with Gasteiger partial charge in [0.1, 0.15) is 5.75 Å². The summed E-state index contributed by atoms with van der Waals surface area (Å²) < 4.78 is 39.3. The highest BCUT2D eigenvalue weighted by Crippen LogP contribution is 2.29. The number of benzene rings is 1. The van der Waals surface area contributed by atoms with Crippen LogP contribution in [0.3, 0.4) is 0 Å². The monoisotopic (exact) mass is 406 g/mol. The molecular weight excluding hydrogens is 382 g/mol. The largest absolute Gasteiger partial charge is 0.495 e. The minimum Gasteiger partial charge on any atom is -0.495 e. The van der Waals surface area contributed by atoms with E-state index in [4.69, 9.17) is 9.47 Å². The molecule has 1 aromatic carbocycles. The molecule has 0 unspecified atom stereocenters. The van der Waals surface area contributed by atoms with Crippen molar-refractivity contribution in [2.45, 2.75) is 18.4 Å². The van der Waals surface area contributed by atoms with Crippen LogP contribution in [0.4, 0.5) is 5.69 Å². The van der Waals surface area contributed by atoms with E-state index < -0.39 is 10.0 Å². The van der Waals surface area contributed by atoms with Crippen molar-refractivity contribution in [1.82, 2.24) is 4.31 Å². The zero-order valence-electron chi connectivity index (χ0n) is 15.9. The van der Waals surface area contributed by atoms with E-state index in [1.54, 1.807) is 10.6 Å². The molecule has 2 heterocycles. The lowest BCUT2D eigenvalue weighted by Gasteiger charge is -2.26. The number of amides is 1. The summed E-state index contributed by atoms with van der Waals surface area (Å²) in [5.74, 6) is 0.108. The molecule has 1 saturated heterocycles. The molecule has 2 aromatic rings. The molecule has 1 aliphatic rings. The first-order valence-electron chi connectivity index (χ1n) is 8.91. The molecule has 3 rings (SSSR count). The van der Waals surface area contributed by atoms with Crippen LogP contribution in [-0.4, -0.2) is 52.0 Å². The van der Waals surface area contributed by atoms with E-state index in [0.29, 0.717) is 37.7 Å². The molecule has 1 aliphatic heterocycles. The lowest BCUT2D eigenvalue weighted by Crippen LogP contribution is -2.40. The molecule has 1 N–H and O–H groups in total. The molecular formula is C19H24N3O5S+. The summed E-state index contributed by atoms with van der Waals surface area (Å²) in [5, 5.41) is 2.75. The van der Waals surface area contributed by atoms with Gasteiger partial charge in [-0.05, 0) is 30.7 Å². The Bertz CT molecular complexity index is 939. The molecule has 0 saturated carbocycles. The van der Waals surface area contributed by atoms with Crippen molar-refractivity contribution < 1.29 is 27.3 Å². The predicted octanol–water partition coefficient (Wildman–Crippen LogP) is 0.951. The van der Waals surface area contributed by atoms with Crippen LogP contribution in [0.1, 0.15) is 5.56 Å². The third-order valence-electron chi connectivity index (χ3n) is 4.44. The Morgan fingerprint density at radius 3 is 2.54 bits per heavy atom. The van der Waals surface area contributed by atoms with Gasteiger partial charge in [-0.25, -0.2) is 8.42 Å². The Hall–Kier alpha value is -2.49. The highest BCUT2D eigenvalue weighted by Gasteiger charge is 2.27. The van der Waals surface area contributed by atoms with Crippen molar-refractivity contribution in [3.63, 3.8) is 0 Å². The average molecular weight is 406 g/mol. The maximum atomic E-state index is 12.9. The lowest BCUT2D eigenvalue weighted by molar-refractivity contribution is -0.684. The van der Waals surface area contributed by atoms with Crippen LogP contribution in [0.5, 0.6) is 5.75 Å². The van der Waals surface area contributed by atoms with Crippen LogP contribution in [0, 0.1) is 6.92 Å². The molecule has 9 heteroatoms. The zero-order chi connectivity index (χ0) is 20.1. The quantitative estimate of drug-likeness (QED) is 0.722. The second kappa shape index (κ2) is 8.68. The average Bonchev–Trinajstić information content (AvgIpc) is 2.70. The molecule has 0 atom stereocenters. The third kappa shape index (κ3) is 4.67. The van der Waals surface area contributed by atoms with Gasteiger partial charge in [0.2, 0.25) is 16.6 Å². The molecule has 0 radical (unpaired) electrons. The van der Waals surface area contributed by atoms with E-state index in [1.165, 1.54) is 23.5 Å². The summed E-state index contributed by atoms with van der Waals surface area (Å²) in [4.78, 5) is 12.5. The zero-order valence-corrected chi connectivity index (χ0v) is 16.7.